The van der Waals surface area contributed by atoms with Gasteiger partial charge in [0, 0.05) is 31.9 Å². The van der Waals surface area contributed by atoms with E-state index in [0.29, 0.717) is 65.1 Å². The van der Waals surface area contributed by atoms with E-state index in [-0.39, 0.29) is 39.4 Å². The van der Waals surface area contributed by atoms with Gasteiger partial charge in [-0.2, -0.15) is 9.97 Å². The molecule has 0 radical (unpaired) electrons. The van der Waals surface area contributed by atoms with Gasteiger partial charge in [0.05, 0.1) is 50.9 Å². The lowest BCUT2D eigenvalue weighted by atomic mass is 10.0. The summed E-state index contributed by atoms with van der Waals surface area (Å²) in [5.41, 5.74) is 19.8. The second-order valence-corrected chi connectivity index (χ2v) is 30.4. The third kappa shape index (κ3) is 19.9. The van der Waals surface area contributed by atoms with Crippen molar-refractivity contribution >= 4 is 81.4 Å². The summed E-state index contributed by atoms with van der Waals surface area (Å²) in [6, 6.07) is 55.8. The van der Waals surface area contributed by atoms with Gasteiger partial charge in [-0.05, 0) is 223 Å². The van der Waals surface area contributed by atoms with Crippen molar-refractivity contribution in [3.63, 3.8) is 0 Å². The van der Waals surface area contributed by atoms with Crippen LogP contribution in [0.25, 0.3) is 58.3 Å². The lowest BCUT2D eigenvalue weighted by Crippen LogP contribution is -2.42. The van der Waals surface area contributed by atoms with E-state index in [0.717, 1.165) is 128 Å². The van der Waals surface area contributed by atoms with E-state index in [9.17, 15) is 33.6 Å². The molecule has 0 unspecified atom stereocenters. The number of hydrogen-bond acceptors (Lipinski definition) is 18. The fourth-order valence-corrected chi connectivity index (χ4v) is 15.3. The van der Waals surface area contributed by atoms with Crippen molar-refractivity contribution in [2.24, 2.45) is 9.98 Å². The molecule has 8 heterocycles. The lowest BCUT2D eigenvalue weighted by Gasteiger charge is -2.29. The first-order valence-corrected chi connectivity index (χ1v) is 40.6. The minimum atomic E-state index is -0.641. The number of aromatic nitrogens is 12. The molecule has 119 heavy (non-hydrogen) atoms. The topological polar surface area (TPSA) is 322 Å². The summed E-state index contributed by atoms with van der Waals surface area (Å²) in [7, 11) is 0. The average molecular weight is 1590 g/mol. The summed E-state index contributed by atoms with van der Waals surface area (Å²) >= 11 is 0. The molecule has 10 aromatic rings. The van der Waals surface area contributed by atoms with Gasteiger partial charge in [-0.15, -0.1) is 0 Å². The molecule has 2 aromatic heterocycles. The molecule has 25 nitrogen and oxygen atoms in total. The number of anilines is 5. The van der Waals surface area contributed by atoms with Crippen molar-refractivity contribution in [2.45, 2.75) is 165 Å². The molecule has 0 bridgehead atoms. The minimum Gasteiger partial charge on any atom is -0.447 e. The molecule has 5 N–H and O–H groups in total. The molecule has 608 valence electrons. The number of aromatic amines is 4. The molecule has 0 spiro atoms. The summed E-state index contributed by atoms with van der Waals surface area (Å²) in [6.45, 7) is 30.5. The second-order valence-electron chi connectivity index (χ2n) is 30.4. The van der Waals surface area contributed by atoms with Crippen LogP contribution < -0.4 is 70.4 Å². The normalized spacial score (nSPS) is 11.8. The molecule has 0 aliphatic carbocycles. The zero-order valence-corrected chi connectivity index (χ0v) is 69.0. The number of rotatable bonds is 22. The molecule has 6 aliphatic rings. The third-order valence-electron chi connectivity index (χ3n) is 21.0. The molecule has 25 heteroatoms. The van der Waals surface area contributed by atoms with Crippen LogP contribution in [0.3, 0.4) is 0 Å². The van der Waals surface area contributed by atoms with E-state index in [4.69, 9.17) is 4.74 Å². The molecule has 16 rings (SSSR count). The molecule has 6 aliphatic heterocycles. The van der Waals surface area contributed by atoms with E-state index in [2.05, 4.69) is 241 Å². The maximum Gasteiger partial charge on any atom is 0.411 e. The summed E-state index contributed by atoms with van der Waals surface area (Å²) in [5.74, 6) is 1.75. The Balaban J connectivity index is 0.000000138. The number of ether oxygens (including phenoxy) is 1. The van der Waals surface area contributed by atoms with Crippen molar-refractivity contribution in [2.75, 3.05) is 28.2 Å². The highest BCUT2D eigenvalue weighted by molar-refractivity contribution is 5.90. The maximum absolute atomic E-state index is 12.6. The van der Waals surface area contributed by atoms with Gasteiger partial charge in [-0.1, -0.05) is 167 Å². The summed E-state index contributed by atoms with van der Waals surface area (Å²) in [6.07, 6.45) is 10.2. The molecule has 1 amide bonds. The van der Waals surface area contributed by atoms with E-state index < -0.39 is 28.6 Å². The number of nitrogens with zero attached hydrogens (tertiary/aromatic N) is 12. The number of hydrogen-bond donors (Lipinski definition) is 5. The second kappa shape index (κ2) is 37.5. The Hall–Kier alpha value is -13.7. The van der Waals surface area contributed by atoms with Crippen LogP contribution in [0.4, 0.5) is 44.9 Å². The Bertz CT molecular complexity index is 6670. The number of H-pyrrole nitrogens is 4. The van der Waals surface area contributed by atoms with Gasteiger partial charge in [0.1, 0.15) is 11.0 Å². The van der Waals surface area contributed by atoms with Crippen LogP contribution in [0.5, 0.6) is 0 Å². The summed E-state index contributed by atoms with van der Waals surface area (Å²) < 4.78 is 9.16. The van der Waals surface area contributed by atoms with E-state index in [1.807, 2.05) is 75.6 Å². The standard InChI is InChI=1S/C25H27N5O3.2C23H24N4O2.C23H24N4O/c1-15(2)33-25(32)29-19-14-21-20(13-16(19)3)28-22-23(26-17(4)27-24(22)31)30(21)12-8-11-18-9-6-5-7-10-18;1-4-17-13-18-19(12-15(17)3)27(10-6-9-16-8-5-7-14(2)11-16)21-20(24-18)22(28)26-23(29)25-21;1-3-6-16-10-11-19-18(14-16)24-20-21(25-23(29)26-22(20)28)27(19)12-5-9-17-8-4-7-15(2)13-17;1-4-18-14-19-20(13-15(18)2)27(12-8-11-17-9-6-5-7-10-17)22-21(26-19)23(28)25-16(3)24-22/h5-7,9-10,13-15H,4,8,11-12H2,1-3H3,(H,27,31)(H,29,32);5,7-8,11-13H,4,6,9-10H2,1-3H3,(H,26,28,29);4,7-8,10-11,13-14H,3,5-6,9,12H2,1-2H3,(H,26,28,29);5-7,9-10,13-14H,3-4,8,11-12H2,1-2H3,(H,25,28). The van der Waals surface area contributed by atoms with E-state index in [1.54, 1.807) is 13.8 Å². The van der Waals surface area contributed by atoms with Crippen LogP contribution >= 0.6 is 0 Å². The van der Waals surface area contributed by atoms with Crippen LogP contribution in [-0.2, 0) is 62.8 Å². The number of carbonyl (C=O) groups excluding carboxylic acids is 1. The van der Waals surface area contributed by atoms with Crippen molar-refractivity contribution < 1.29 is 9.53 Å². The Labute approximate surface area is 687 Å². The Morgan fingerprint density at radius 1 is 0.437 bits per heavy atom. The predicted molar refractivity (Wildman–Crippen MR) is 471 cm³/mol. The molecule has 8 aromatic carbocycles. The number of carbonyl (C=O) groups is 1. The molecule has 0 atom stereocenters. The number of fused-ring (bicyclic) bond motifs is 8. The third-order valence-corrected chi connectivity index (χ3v) is 21.0. The van der Waals surface area contributed by atoms with Crippen molar-refractivity contribution in [1.29, 1.82) is 0 Å². The molecule has 0 saturated heterocycles. The monoisotopic (exact) mass is 1590 g/mol. The predicted octanol–water partition coefficient (Wildman–Crippen LogP) is 13.4. The van der Waals surface area contributed by atoms with Gasteiger partial charge in [0.2, 0.25) is 0 Å². The maximum atomic E-state index is 12.6. The van der Waals surface area contributed by atoms with Gasteiger partial charge in [-0.3, -0.25) is 34.5 Å². The first kappa shape index (κ1) is 83.2. The number of aryl methyl sites for hydroxylation is 14. The number of benzene rings is 8. The lowest BCUT2D eigenvalue weighted by molar-refractivity contribution is 0.130. The van der Waals surface area contributed by atoms with Crippen LogP contribution in [-0.4, -0.2) is 84.3 Å². The Morgan fingerprint density at radius 2 is 0.891 bits per heavy atom. The zero-order valence-electron chi connectivity index (χ0n) is 69.0. The molecular formula is C94H99N17O8. The summed E-state index contributed by atoms with van der Waals surface area (Å²) in [4.78, 5) is 135. The summed E-state index contributed by atoms with van der Waals surface area (Å²) in [5, 5.41) is 3.44. The SMILES string of the molecule is C=c1nc2c(c(=O)[nH]1)=Nc1cc(C)c(NC(=O)OC(C)C)cc1N2CCCc1ccccc1.C=c1nc2c(c(=O)[nH]1)=Nc1cc(CC)c(C)cc1N2CCCc1ccccc1.CCCc1ccc2c(c1)nc1c(=O)[nH]c(=O)nc-1n2CCCc1cccc(C)c1.CCc1cc2nc3c(=O)[nH]c(=O)nc-3n(CCCc3cccc(C)c3)c2cc1C. The van der Waals surface area contributed by atoms with Crippen molar-refractivity contribution in [3.05, 3.63) is 315 Å². The van der Waals surface area contributed by atoms with Crippen LogP contribution in [0.1, 0.15) is 133 Å². The van der Waals surface area contributed by atoms with Crippen LogP contribution in [0.2, 0.25) is 0 Å². The van der Waals surface area contributed by atoms with Gasteiger partial charge >= 0.3 is 17.5 Å². The first-order chi connectivity index (χ1) is 57.4. The Kier molecular flexibility index (Phi) is 26.2. The Morgan fingerprint density at radius 3 is 1.39 bits per heavy atom. The quantitative estimate of drug-likeness (QED) is 0.0394. The van der Waals surface area contributed by atoms with E-state index >= 15 is 0 Å². The number of amides is 1. The van der Waals surface area contributed by atoms with E-state index in [1.165, 1.54) is 61.2 Å². The fraction of sp³-hybridized carbons (Fsp3) is 0.287. The highest BCUT2D eigenvalue weighted by Gasteiger charge is 2.28. The molecular weight excluding hydrogens is 1500 g/mol. The molecule has 0 fully saturated rings. The highest BCUT2D eigenvalue weighted by Crippen LogP contribution is 2.40. The highest BCUT2D eigenvalue weighted by atomic mass is 16.6. The molecule has 0 saturated carbocycles. The fourth-order valence-electron chi connectivity index (χ4n) is 15.3. The average Bonchev–Trinajstić information content (AvgIpc) is 0.772. The van der Waals surface area contributed by atoms with Gasteiger partial charge in [0.15, 0.2) is 45.4 Å². The smallest absolute Gasteiger partial charge is 0.411 e. The zero-order chi connectivity index (χ0) is 84.1. The van der Waals surface area contributed by atoms with Gasteiger partial charge in [-0.25, -0.2) is 44.3 Å². The van der Waals surface area contributed by atoms with Crippen LogP contribution in [0, 0.1) is 34.6 Å². The largest absolute Gasteiger partial charge is 0.447 e. The van der Waals surface area contributed by atoms with Crippen molar-refractivity contribution in [1.82, 2.24) is 59.0 Å². The number of nitrogens with one attached hydrogen (secondary N) is 5. The minimum absolute atomic E-state index is 0.207. The van der Waals surface area contributed by atoms with Crippen LogP contribution in [0.15, 0.2) is 203 Å². The van der Waals surface area contributed by atoms with Gasteiger partial charge < -0.3 is 33.6 Å². The van der Waals surface area contributed by atoms with Crippen molar-refractivity contribution in [3.8, 4) is 23.0 Å². The van der Waals surface area contributed by atoms with Gasteiger partial charge in [0.25, 0.3) is 22.2 Å². The first-order valence-electron chi connectivity index (χ1n) is 40.6.